The Labute approximate surface area is 140 Å². The molecule has 3 aromatic carbocycles. The van der Waals surface area contributed by atoms with Crippen LogP contribution in [-0.2, 0) is 4.79 Å². The molecule has 0 saturated carbocycles. The molecule has 23 heavy (non-hydrogen) atoms. The van der Waals surface area contributed by atoms with Crippen LogP contribution in [-0.4, -0.2) is 5.97 Å². The van der Waals surface area contributed by atoms with E-state index < -0.39 is 0 Å². The van der Waals surface area contributed by atoms with Crippen molar-refractivity contribution in [3.63, 3.8) is 0 Å². The van der Waals surface area contributed by atoms with Gasteiger partial charge in [0.15, 0.2) is 0 Å². The highest BCUT2D eigenvalue weighted by Crippen LogP contribution is 2.41. The zero-order valence-electron chi connectivity index (χ0n) is 12.7. The number of ether oxygens (including phenoxy) is 1. The van der Waals surface area contributed by atoms with Crippen LogP contribution in [0, 0.1) is 0 Å². The summed E-state index contributed by atoms with van der Waals surface area (Å²) in [6, 6.07) is 17.4. The molecular weight excluding hydrogens is 308 g/mol. The quantitative estimate of drug-likeness (QED) is 0.455. The lowest BCUT2D eigenvalue weighted by Gasteiger charge is -2.16. The summed E-state index contributed by atoms with van der Waals surface area (Å²) in [5.41, 5.74) is 2.58. The molecule has 0 aliphatic heterocycles. The van der Waals surface area contributed by atoms with Crippen LogP contribution >= 0.6 is 11.6 Å². The minimum absolute atomic E-state index is 0.362. The highest BCUT2D eigenvalue weighted by molar-refractivity contribution is 6.30. The van der Waals surface area contributed by atoms with E-state index in [0.29, 0.717) is 10.8 Å². The van der Waals surface area contributed by atoms with Gasteiger partial charge in [0.25, 0.3) is 0 Å². The molecule has 3 aromatic rings. The molecule has 3 heteroatoms. The third-order valence-electron chi connectivity index (χ3n) is 3.63. The number of rotatable bonds is 3. The van der Waals surface area contributed by atoms with Gasteiger partial charge in [-0.05, 0) is 34.5 Å². The third-order valence-corrected chi connectivity index (χ3v) is 3.88. The SMILES string of the molecule is C=Cc1cc2ccccc2c(-c2ccc(Cl)cc2)c1OC(C)=O. The number of halogens is 1. The molecule has 0 unspecified atom stereocenters. The summed E-state index contributed by atoms with van der Waals surface area (Å²) in [6.07, 6.45) is 1.70. The van der Waals surface area contributed by atoms with Gasteiger partial charge in [0.05, 0.1) is 0 Å². The fourth-order valence-corrected chi connectivity index (χ4v) is 2.78. The smallest absolute Gasteiger partial charge is 0.308 e. The Hall–Kier alpha value is -2.58. The Balaban J connectivity index is 2.40. The van der Waals surface area contributed by atoms with Gasteiger partial charge >= 0.3 is 5.97 Å². The molecule has 2 nitrogen and oxygen atoms in total. The van der Waals surface area contributed by atoms with Crippen molar-refractivity contribution < 1.29 is 9.53 Å². The van der Waals surface area contributed by atoms with Crippen molar-refractivity contribution in [1.29, 1.82) is 0 Å². The van der Waals surface area contributed by atoms with Crippen LogP contribution in [0.1, 0.15) is 12.5 Å². The summed E-state index contributed by atoms with van der Waals surface area (Å²) in [4.78, 5) is 11.6. The normalized spacial score (nSPS) is 10.5. The van der Waals surface area contributed by atoms with Gasteiger partial charge in [-0.25, -0.2) is 0 Å². The van der Waals surface area contributed by atoms with Crippen molar-refractivity contribution in [2.45, 2.75) is 6.92 Å². The molecule has 0 aliphatic carbocycles. The molecule has 0 aliphatic rings. The van der Waals surface area contributed by atoms with E-state index in [1.54, 1.807) is 6.08 Å². The fraction of sp³-hybridized carbons (Fsp3) is 0.0500. The maximum absolute atomic E-state index is 11.6. The molecule has 0 amide bonds. The third kappa shape index (κ3) is 2.99. The minimum Gasteiger partial charge on any atom is -0.425 e. The lowest BCUT2D eigenvalue weighted by Crippen LogP contribution is -2.05. The largest absolute Gasteiger partial charge is 0.425 e. The lowest BCUT2D eigenvalue weighted by atomic mass is 9.94. The van der Waals surface area contributed by atoms with Crippen molar-refractivity contribution in [3.05, 3.63) is 71.8 Å². The van der Waals surface area contributed by atoms with Crippen LogP contribution in [0.3, 0.4) is 0 Å². The van der Waals surface area contributed by atoms with Crippen LogP contribution in [0.4, 0.5) is 0 Å². The predicted molar refractivity (Wildman–Crippen MR) is 95.8 cm³/mol. The van der Waals surface area contributed by atoms with E-state index in [9.17, 15) is 4.79 Å². The van der Waals surface area contributed by atoms with E-state index >= 15 is 0 Å². The van der Waals surface area contributed by atoms with E-state index in [-0.39, 0.29) is 5.97 Å². The first-order valence-electron chi connectivity index (χ1n) is 7.22. The van der Waals surface area contributed by atoms with Gasteiger partial charge in [-0.3, -0.25) is 4.79 Å². The fourth-order valence-electron chi connectivity index (χ4n) is 2.66. The number of carbonyl (C=O) groups is 1. The van der Waals surface area contributed by atoms with E-state index in [2.05, 4.69) is 6.58 Å². The summed E-state index contributed by atoms with van der Waals surface area (Å²) in [7, 11) is 0. The molecule has 0 atom stereocenters. The second-order valence-corrected chi connectivity index (χ2v) is 5.63. The predicted octanol–water partition coefficient (Wildman–Crippen LogP) is 5.73. The van der Waals surface area contributed by atoms with Crippen LogP contribution < -0.4 is 4.74 Å². The number of hydrogen-bond acceptors (Lipinski definition) is 2. The van der Waals surface area contributed by atoms with Crippen LogP contribution in [0.15, 0.2) is 61.2 Å². The van der Waals surface area contributed by atoms with Crippen molar-refractivity contribution in [2.24, 2.45) is 0 Å². The maximum atomic E-state index is 11.6. The molecule has 0 heterocycles. The zero-order chi connectivity index (χ0) is 16.4. The van der Waals surface area contributed by atoms with Gasteiger partial charge < -0.3 is 4.74 Å². The van der Waals surface area contributed by atoms with Crippen LogP contribution in [0.2, 0.25) is 5.02 Å². The average molecular weight is 323 g/mol. The molecule has 0 radical (unpaired) electrons. The Morgan fingerprint density at radius 3 is 2.48 bits per heavy atom. The van der Waals surface area contributed by atoms with E-state index in [1.807, 2.05) is 54.6 Å². The molecule has 0 aromatic heterocycles. The second-order valence-electron chi connectivity index (χ2n) is 5.20. The van der Waals surface area contributed by atoms with Crippen molar-refractivity contribution in [3.8, 4) is 16.9 Å². The molecule has 3 rings (SSSR count). The molecule has 0 fully saturated rings. The maximum Gasteiger partial charge on any atom is 0.308 e. The highest BCUT2D eigenvalue weighted by atomic mass is 35.5. The molecule has 0 N–H and O–H groups in total. The summed E-state index contributed by atoms with van der Waals surface area (Å²) in [6.45, 7) is 5.24. The van der Waals surface area contributed by atoms with Crippen LogP contribution in [0.25, 0.3) is 28.0 Å². The minimum atomic E-state index is -0.362. The monoisotopic (exact) mass is 322 g/mol. The zero-order valence-corrected chi connectivity index (χ0v) is 13.4. The second kappa shape index (κ2) is 6.27. The van der Waals surface area contributed by atoms with Gasteiger partial charge in [-0.15, -0.1) is 0 Å². The Morgan fingerprint density at radius 2 is 1.83 bits per heavy atom. The van der Waals surface area contributed by atoms with Gasteiger partial charge in [-0.2, -0.15) is 0 Å². The summed E-state index contributed by atoms with van der Waals surface area (Å²) < 4.78 is 5.52. The summed E-state index contributed by atoms with van der Waals surface area (Å²) in [5, 5.41) is 2.73. The number of carbonyl (C=O) groups excluding carboxylic acids is 1. The van der Waals surface area contributed by atoms with E-state index in [1.165, 1.54) is 6.92 Å². The van der Waals surface area contributed by atoms with Crippen LogP contribution in [0.5, 0.6) is 5.75 Å². The Bertz CT molecular complexity index is 895. The Kier molecular flexibility index (Phi) is 4.18. The lowest BCUT2D eigenvalue weighted by molar-refractivity contribution is -0.131. The summed E-state index contributed by atoms with van der Waals surface area (Å²) >= 11 is 6.00. The number of benzene rings is 3. The topological polar surface area (TPSA) is 26.3 Å². The number of esters is 1. The first-order chi connectivity index (χ1) is 11.1. The van der Waals surface area contributed by atoms with Crippen molar-refractivity contribution in [2.75, 3.05) is 0 Å². The average Bonchev–Trinajstić information content (AvgIpc) is 2.55. The first-order valence-corrected chi connectivity index (χ1v) is 7.60. The van der Waals surface area contributed by atoms with Gasteiger partial charge in [0, 0.05) is 23.1 Å². The Morgan fingerprint density at radius 1 is 1.13 bits per heavy atom. The standard InChI is InChI=1S/C20H15ClO2/c1-3-14-12-16-6-4-5-7-18(16)19(20(14)23-13(2)22)15-8-10-17(21)11-9-15/h3-12H,1H2,2H3. The molecule has 114 valence electrons. The van der Waals surface area contributed by atoms with E-state index in [4.69, 9.17) is 16.3 Å². The molecular formula is C20H15ClO2. The van der Waals surface area contributed by atoms with Crippen molar-refractivity contribution in [1.82, 2.24) is 0 Å². The highest BCUT2D eigenvalue weighted by Gasteiger charge is 2.16. The first kappa shape index (κ1) is 15.3. The molecule has 0 saturated heterocycles. The van der Waals surface area contributed by atoms with Gasteiger partial charge in [0.2, 0.25) is 0 Å². The summed E-state index contributed by atoms with van der Waals surface area (Å²) in [5.74, 6) is 0.159. The van der Waals surface area contributed by atoms with Gasteiger partial charge in [0.1, 0.15) is 5.75 Å². The van der Waals surface area contributed by atoms with E-state index in [0.717, 1.165) is 27.5 Å². The number of fused-ring (bicyclic) bond motifs is 1. The number of hydrogen-bond donors (Lipinski definition) is 0. The van der Waals surface area contributed by atoms with Crippen molar-refractivity contribution >= 4 is 34.4 Å². The molecule has 0 spiro atoms. The molecule has 0 bridgehead atoms. The van der Waals surface area contributed by atoms with Gasteiger partial charge in [-0.1, -0.05) is 60.7 Å².